The molecule has 3 N–H and O–H groups in total. The molecule has 6 nitrogen and oxygen atoms in total. The monoisotopic (exact) mass is 418 g/mol. The van der Waals surface area contributed by atoms with Gasteiger partial charge >= 0.3 is 0 Å². The van der Waals surface area contributed by atoms with E-state index < -0.39 is 11.9 Å². The number of hydrogen-bond acceptors (Lipinski definition) is 3. The van der Waals surface area contributed by atoms with Gasteiger partial charge < -0.3 is 15.6 Å². The number of para-hydroxylation sites is 1. The molecule has 0 radical (unpaired) electrons. The van der Waals surface area contributed by atoms with Crippen molar-refractivity contribution in [3.63, 3.8) is 0 Å². The predicted molar refractivity (Wildman–Crippen MR) is 118 cm³/mol. The van der Waals surface area contributed by atoms with Crippen molar-refractivity contribution in [1.29, 1.82) is 0 Å². The molecule has 7 heteroatoms. The smallest absolute Gasteiger partial charge is 0.270 e. The van der Waals surface area contributed by atoms with E-state index >= 15 is 0 Å². The Bertz CT molecular complexity index is 1280. The molecule has 0 saturated carbocycles. The predicted octanol–water partition coefficient (Wildman–Crippen LogP) is 3.64. The van der Waals surface area contributed by atoms with Crippen LogP contribution in [0.4, 0.5) is 4.39 Å². The Kier molecular flexibility index (Phi) is 5.66. The molecule has 2 amide bonds. The number of aryl methyl sites for hydroxylation is 1. The second kappa shape index (κ2) is 8.55. The maximum absolute atomic E-state index is 13.7. The van der Waals surface area contributed by atoms with Crippen LogP contribution in [0.2, 0.25) is 0 Å². The number of carbonyl (C=O) groups excluding carboxylic acids is 2. The zero-order valence-electron chi connectivity index (χ0n) is 17.3. The number of pyridine rings is 1. The van der Waals surface area contributed by atoms with Crippen LogP contribution in [0.1, 0.15) is 28.7 Å². The highest BCUT2D eigenvalue weighted by Gasteiger charge is 2.19. The van der Waals surface area contributed by atoms with Gasteiger partial charge in [-0.05, 0) is 44.0 Å². The number of carbonyl (C=O) groups is 2. The van der Waals surface area contributed by atoms with Crippen LogP contribution in [0.3, 0.4) is 0 Å². The lowest BCUT2D eigenvalue weighted by Crippen LogP contribution is -2.45. The van der Waals surface area contributed by atoms with Gasteiger partial charge in [-0.15, -0.1) is 0 Å². The van der Waals surface area contributed by atoms with Crippen LogP contribution in [0.25, 0.3) is 21.8 Å². The van der Waals surface area contributed by atoms with Crippen LogP contribution in [0, 0.1) is 12.7 Å². The average Bonchev–Trinajstić information content (AvgIpc) is 3.14. The molecular formula is C24H23FN4O2. The van der Waals surface area contributed by atoms with E-state index in [4.69, 9.17) is 0 Å². The van der Waals surface area contributed by atoms with E-state index in [1.54, 1.807) is 31.2 Å². The minimum absolute atomic E-state index is 0.251. The minimum atomic E-state index is -0.756. The molecule has 0 unspecified atom stereocenters. The van der Waals surface area contributed by atoms with Gasteiger partial charge in [0, 0.05) is 22.8 Å². The molecule has 0 aliphatic heterocycles. The molecule has 0 aliphatic carbocycles. The first-order valence-electron chi connectivity index (χ1n) is 10.1. The fourth-order valence-corrected chi connectivity index (χ4v) is 3.63. The van der Waals surface area contributed by atoms with Gasteiger partial charge in [-0.25, -0.2) is 9.37 Å². The number of rotatable bonds is 6. The average molecular weight is 418 g/mol. The number of amides is 2. The molecule has 2 aromatic carbocycles. The molecule has 1 atom stereocenters. The van der Waals surface area contributed by atoms with Crippen LogP contribution in [-0.4, -0.2) is 34.4 Å². The largest absolute Gasteiger partial charge is 0.354 e. The lowest BCUT2D eigenvalue weighted by atomic mass is 10.1. The topological polar surface area (TPSA) is 86.9 Å². The second-order valence-electron chi connectivity index (χ2n) is 7.51. The first-order valence-corrected chi connectivity index (χ1v) is 10.1. The van der Waals surface area contributed by atoms with E-state index in [1.165, 1.54) is 6.07 Å². The number of aromatic amines is 1. The molecule has 0 aliphatic rings. The van der Waals surface area contributed by atoms with Crippen LogP contribution in [0.15, 0.2) is 54.6 Å². The highest BCUT2D eigenvalue weighted by molar-refractivity contribution is 6.10. The van der Waals surface area contributed by atoms with E-state index in [0.29, 0.717) is 17.7 Å². The van der Waals surface area contributed by atoms with Crippen molar-refractivity contribution in [2.75, 3.05) is 6.54 Å². The number of aromatic nitrogens is 2. The third kappa shape index (κ3) is 4.26. The van der Waals surface area contributed by atoms with E-state index in [9.17, 15) is 14.0 Å². The quantitative estimate of drug-likeness (QED) is 0.447. The second-order valence-corrected chi connectivity index (χ2v) is 7.51. The molecule has 0 bridgehead atoms. The van der Waals surface area contributed by atoms with Crippen molar-refractivity contribution in [3.8, 4) is 0 Å². The summed E-state index contributed by atoms with van der Waals surface area (Å²) in [5, 5.41) is 7.34. The molecular weight excluding hydrogens is 395 g/mol. The Balaban J connectivity index is 1.42. The normalized spacial score (nSPS) is 12.1. The first-order chi connectivity index (χ1) is 14.9. The molecule has 4 aromatic rings. The van der Waals surface area contributed by atoms with Gasteiger partial charge in [0.25, 0.3) is 5.91 Å². The standard InChI is InChI=1S/C24H23FN4O2/c1-14-22-18(17-8-4-6-10-20(17)29-22)13-21(27-14)24(31)28-15(2)23(30)26-12-11-16-7-3-5-9-19(16)25/h3-10,13,15,29H,11-12H2,1-2H3,(H,26,30)(H,28,31)/t15-/m0/s1. The van der Waals surface area contributed by atoms with Crippen molar-refractivity contribution in [2.45, 2.75) is 26.3 Å². The van der Waals surface area contributed by atoms with Crippen LogP contribution < -0.4 is 10.6 Å². The van der Waals surface area contributed by atoms with Crippen molar-refractivity contribution < 1.29 is 14.0 Å². The molecule has 158 valence electrons. The summed E-state index contributed by atoms with van der Waals surface area (Å²) in [6.07, 6.45) is 0.372. The Morgan fingerprint density at radius 3 is 2.65 bits per heavy atom. The summed E-state index contributed by atoms with van der Waals surface area (Å²) in [4.78, 5) is 32.8. The summed E-state index contributed by atoms with van der Waals surface area (Å²) in [6, 6.07) is 15.3. The van der Waals surface area contributed by atoms with Gasteiger partial charge in [-0.1, -0.05) is 36.4 Å². The Morgan fingerprint density at radius 1 is 1.10 bits per heavy atom. The number of H-pyrrole nitrogens is 1. The maximum Gasteiger partial charge on any atom is 0.270 e. The maximum atomic E-state index is 13.7. The number of nitrogens with one attached hydrogen (secondary N) is 3. The number of benzene rings is 2. The van der Waals surface area contributed by atoms with Crippen LogP contribution in [-0.2, 0) is 11.2 Å². The molecule has 4 rings (SSSR count). The van der Waals surface area contributed by atoms with E-state index in [0.717, 1.165) is 21.8 Å². The fourth-order valence-electron chi connectivity index (χ4n) is 3.63. The van der Waals surface area contributed by atoms with Crippen LogP contribution in [0.5, 0.6) is 0 Å². The van der Waals surface area contributed by atoms with Crippen molar-refractivity contribution in [1.82, 2.24) is 20.6 Å². The Morgan fingerprint density at radius 2 is 1.84 bits per heavy atom. The zero-order chi connectivity index (χ0) is 22.0. The summed E-state index contributed by atoms with van der Waals surface area (Å²) in [5.74, 6) is -1.06. The number of fused-ring (bicyclic) bond motifs is 3. The molecule has 2 aromatic heterocycles. The zero-order valence-corrected chi connectivity index (χ0v) is 17.3. The fraction of sp³-hybridized carbons (Fsp3) is 0.208. The molecule has 2 heterocycles. The van der Waals surface area contributed by atoms with Gasteiger partial charge in [0.05, 0.1) is 11.2 Å². The third-order valence-corrected chi connectivity index (χ3v) is 5.30. The van der Waals surface area contributed by atoms with Gasteiger partial charge in [0.1, 0.15) is 17.6 Å². The van der Waals surface area contributed by atoms with E-state index in [2.05, 4.69) is 20.6 Å². The molecule has 0 saturated heterocycles. The minimum Gasteiger partial charge on any atom is -0.354 e. The summed E-state index contributed by atoms with van der Waals surface area (Å²) in [7, 11) is 0. The summed E-state index contributed by atoms with van der Waals surface area (Å²) in [5.41, 5.74) is 3.35. The number of halogens is 1. The third-order valence-electron chi connectivity index (χ3n) is 5.30. The summed E-state index contributed by atoms with van der Waals surface area (Å²) in [6.45, 7) is 3.72. The summed E-state index contributed by atoms with van der Waals surface area (Å²) >= 11 is 0. The van der Waals surface area contributed by atoms with Gasteiger partial charge in [0.15, 0.2) is 0 Å². The SMILES string of the molecule is Cc1nc(C(=O)N[C@@H](C)C(=O)NCCc2ccccc2F)cc2c1[nH]c1ccccc12. The Labute approximate surface area is 178 Å². The number of nitrogens with zero attached hydrogens (tertiary/aromatic N) is 1. The van der Waals surface area contributed by atoms with Crippen molar-refractivity contribution in [2.24, 2.45) is 0 Å². The first kappa shape index (κ1) is 20.5. The highest BCUT2D eigenvalue weighted by atomic mass is 19.1. The van der Waals surface area contributed by atoms with E-state index in [1.807, 2.05) is 31.2 Å². The Hall–Kier alpha value is -3.74. The van der Waals surface area contributed by atoms with Crippen molar-refractivity contribution in [3.05, 3.63) is 77.4 Å². The molecule has 31 heavy (non-hydrogen) atoms. The lowest BCUT2D eigenvalue weighted by molar-refractivity contribution is -0.122. The van der Waals surface area contributed by atoms with Crippen LogP contribution >= 0.6 is 0 Å². The number of hydrogen-bond donors (Lipinski definition) is 3. The molecule has 0 spiro atoms. The summed E-state index contributed by atoms with van der Waals surface area (Å²) < 4.78 is 13.7. The van der Waals surface area contributed by atoms with Crippen molar-refractivity contribution >= 4 is 33.6 Å². The van der Waals surface area contributed by atoms with Gasteiger partial charge in [0.2, 0.25) is 5.91 Å². The molecule has 0 fully saturated rings. The van der Waals surface area contributed by atoms with Gasteiger partial charge in [-0.2, -0.15) is 0 Å². The van der Waals surface area contributed by atoms with Gasteiger partial charge in [-0.3, -0.25) is 9.59 Å². The lowest BCUT2D eigenvalue weighted by Gasteiger charge is -2.14. The van der Waals surface area contributed by atoms with E-state index in [-0.39, 0.29) is 24.0 Å². The highest BCUT2D eigenvalue weighted by Crippen LogP contribution is 2.27.